The van der Waals surface area contributed by atoms with Crippen LogP contribution in [0.1, 0.15) is 19.3 Å². The van der Waals surface area contributed by atoms with Crippen LogP contribution in [0.25, 0.3) is 0 Å². The highest BCUT2D eigenvalue weighted by molar-refractivity contribution is 7.99. The molecule has 0 bridgehead atoms. The first-order valence-electron chi connectivity index (χ1n) is 7.07. The average Bonchev–Trinajstić information content (AvgIpc) is 2.61. The molecule has 1 saturated heterocycles. The number of thioether (sulfide) groups is 1. The zero-order chi connectivity index (χ0) is 13.1. The Morgan fingerprint density at radius 3 is 3.11 bits per heavy atom. The average molecular weight is 276 g/mol. The summed E-state index contributed by atoms with van der Waals surface area (Å²) in [6, 6.07) is 8.30. The molecule has 0 aliphatic carbocycles. The van der Waals surface area contributed by atoms with Gasteiger partial charge in [0.2, 0.25) is 5.91 Å². The van der Waals surface area contributed by atoms with Gasteiger partial charge in [-0.2, -0.15) is 0 Å². The van der Waals surface area contributed by atoms with Crippen LogP contribution in [0.15, 0.2) is 29.2 Å². The Kier molecular flexibility index (Phi) is 4.09. The molecule has 3 rings (SSSR count). The van der Waals surface area contributed by atoms with Crippen molar-refractivity contribution in [1.29, 1.82) is 0 Å². The first kappa shape index (κ1) is 13.0. The summed E-state index contributed by atoms with van der Waals surface area (Å²) in [6.45, 7) is 3.03. The van der Waals surface area contributed by atoms with Crippen LogP contribution in [0.4, 0.5) is 5.69 Å². The molecule has 1 fully saturated rings. The Morgan fingerprint density at radius 1 is 1.37 bits per heavy atom. The van der Waals surface area contributed by atoms with Crippen molar-refractivity contribution in [2.45, 2.75) is 24.2 Å². The van der Waals surface area contributed by atoms with Gasteiger partial charge in [-0.15, -0.1) is 11.8 Å². The Morgan fingerprint density at radius 2 is 2.26 bits per heavy atom. The minimum absolute atomic E-state index is 0.281. The van der Waals surface area contributed by atoms with E-state index in [2.05, 4.69) is 23.5 Å². The van der Waals surface area contributed by atoms with Crippen LogP contribution in [-0.2, 0) is 4.79 Å². The van der Waals surface area contributed by atoms with Crippen LogP contribution < -0.4 is 10.2 Å². The SMILES string of the molecule is O=C1CCSc2ccccc2N1CC1CCCNC1. The Hall–Kier alpha value is -1.00. The number of fused-ring (bicyclic) bond motifs is 1. The van der Waals surface area contributed by atoms with Crippen LogP contribution in [-0.4, -0.2) is 31.3 Å². The number of amides is 1. The number of rotatable bonds is 2. The largest absolute Gasteiger partial charge is 0.316 e. The van der Waals surface area contributed by atoms with Gasteiger partial charge in [-0.3, -0.25) is 4.79 Å². The van der Waals surface area contributed by atoms with Crippen molar-refractivity contribution < 1.29 is 4.79 Å². The van der Waals surface area contributed by atoms with Gasteiger partial charge in [-0.05, 0) is 44.0 Å². The van der Waals surface area contributed by atoms with Gasteiger partial charge in [0.05, 0.1) is 5.69 Å². The second-order valence-electron chi connectivity index (χ2n) is 5.28. The van der Waals surface area contributed by atoms with Crippen molar-refractivity contribution in [3.05, 3.63) is 24.3 Å². The third-order valence-corrected chi connectivity index (χ3v) is 4.93. The van der Waals surface area contributed by atoms with E-state index in [0.29, 0.717) is 12.3 Å². The van der Waals surface area contributed by atoms with E-state index < -0.39 is 0 Å². The molecule has 1 aromatic rings. The summed E-state index contributed by atoms with van der Waals surface area (Å²) >= 11 is 1.80. The number of para-hydroxylation sites is 1. The molecule has 2 aliphatic heterocycles. The number of nitrogens with one attached hydrogen (secondary N) is 1. The molecule has 0 radical (unpaired) electrons. The lowest BCUT2D eigenvalue weighted by Gasteiger charge is -2.30. The maximum Gasteiger partial charge on any atom is 0.227 e. The highest BCUT2D eigenvalue weighted by atomic mass is 32.2. The molecule has 4 heteroatoms. The molecular formula is C15H20N2OS. The number of carbonyl (C=O) groups excluding carboxylic acids is 1. The van der Waals surface area contributed by atoms with E-state index in [1.165, 1.54) is 17.7 Å². The standard InChI is InChI=1S/C15H20N2OS/c18-15-7-9-19-14-6-2-1-5-13(14)17(15)11-12-4-3-8-16-10-12/h1-2,5-6,12,16H,3-4,7-11H2. The van der Waals surface area contributed by atoms with Crippen LogP contribution in [0.5, 0.6) is 0 Å². The Labute approximate surface area is 118 Å². The van der Waals surface area contributed by atoms with E-state index in [1.807, 2.05) is 11.0 Å². The number of carbonyl (C=O) groups is 1. The van der Waals surface area contributed by atoms with E-state index in [1.54, 1.807) is 11.8 Å². The van der Waals surface area contributed by atoms with Crippen molar-refractivity contribution in [3.63, 3.8) is 0 Å². The van der Waals surface area contributed by atoms with E-state index in [9.17, 15) is 4.79 Å². The summed E-state index contributed by atoms with van der Waals surface area (Å²) in [5.41, 5.74) is 1.11. The number of hydrogen-bond acceptors (Lipinski definition) is 3. The van der Waals surface area contributed by atoms with Crippen molar-refractivity contribution >= 4 is 23.4 Å². The normalized spacial score (nSPS) is 23.9. The zero-order valence-corrected chi connectivity index (χ0v) is 11.9. The fourth-order valence-corrected chi connectivity index (χ4v) is 3.86. The molecule has 1 unspecified atom stereocenters. The van der Waals surface area contributed by atoms with Crippen molar-refractivity contribution in [1.82, 2.24) is 5.32 Å². The minimum Gasteiger partial charge on any atom is -0.316 e. The summed E-state index contributed by atoms with van der Waals surface area (Å²) in [5, 5.41) is 3.44. The molecular weight excluding hydrogens is 256 g/mol. The maximum absolute atomic E-state index is 12.3. The van der Waals surface area contributed by atoms with E-state index >= 15 is 0 Å². The van der Waals surface area contributed by atoms with Gasteiger partial charge in [0, 0.05) is 23.6 Å². The van der Waals surface area contributed by atoms with Crippen LogP contribution in [0.2, 0.25) is 0 Å². The van der Waals surface area contributed by atoms with Gasteiger partial charge < -0.3 is 10.2 Å². The summed E-state index contributed by atoms with van der Waals surface area (Å²) in [4.78, 5) is 15.6. The van der Waals surface area contributed by atoms with Crippen LogP contribution in [0, 0.1) is 5.92 Å². The fourth-order valence-electron chi connectivity index (χ4n) is 2.86. The lowest BCUT2D eigenvalue weighted by atomic mass is 9.98. The Bertz CT molecular complexity index is 457. The summed E-state index contributed by atoms with van der Waals surface area (Å²) in [5.74, 6) is 1.77. The van der Waals surface area contributed by atoms with Gasteiger partial charge in [-0.25, -0.2) is 0 Å². The minimum atomic E-state index is 0.281. The van der Waals surface area contributed by atoms with Gasteiger partial charge in [0.15, 0.2) is 0 Å². The third-order valence-electron chi connectivity index (χ3n) is 3.87. The summed E-state index contributed by atoms with van der Waals surface area (Å²) in [7, 11) is 0. The van der Waals surface area contributed by atoms with E-state index in [4.69, 9.17) is 0 Å². The lowest BCUT2D eigenvalue weighted by Crippen LogP contribution is -2.41. The summed E-state index contributed by atoms with van der Waals surface area (Å²) in [6.07, 6.45) is 3.11. The smallest absolute Gasteiger partial charge is 0.227 e. The number of benzene rings is 1. The quantitative estimate of drug-likeness (QED) is 0.901. The van der Waals surface area contributed by atoms with Gasteiger partial charge in [0.25, 0.3) is 0 Å². The topological polar surface area (TPSA) is 32.3 Å². The first-order valence-corrected chi connectivity index (χ1v) is 8.06. The molecule has 3 nitrogen and oxygen atoms in total. The number of piperidine rings is 1. The first-order chi connectivity index (χ1) is 9.34. The predicted octanol–water partition coefficient (Wildman–Crippen LogP) is 2.52. The summed E-state index contributed by atoms with van der Waals surface area (Å²) < 4.78 is 0. The lowest BCUT2D eigenvalue weighted by molar-refractivity contribution is -0.118. The Balaban J connectivity index is 1.82. The fraction of sp³-hybridized carbons (Fsp3) is 0.533. The van der Waals surface area contributed by atoms with Gasteiger partial charge in [-0.1, -0.05) is 12.1 Å². The van der Waals surface area contributed by atoms with Gasteiger partial charge >= 0.3 is 0 Å². The second-order valence-corrected chi connectivity index (χ2v) is 6.42. The van der Waals surface area contributed by atoms with E-state index in [0.717, 1.165) is 31.1 Å². The highest BCUT2D eigenvalue weighted by Crippen LogP contribution is 2.34. The zero-order valence-electron chi connectivity index (χ0n) is 11.1. The monoisotopic (exact) mass is 276 g/mol. The third kappa shape index (κ3) is 2.95. The van der Waals surface area contributed by atoms with Crippen molar-refractivity contribution in [2.75, 3.05) is 30.3 Å². The van der Waals surface area contributed by atoms with Crippen LogP contribution in [0.3, 0.4) is 0 Å². The number of hydrogen-bond donors (Lipinski definition) is 1. The van der Waals surface area contributed by atoms with Crippen molar-refractivity contribution in [2.24, 2.45) is 5.92 Å². The molecule has 102 valence electrons. The highest BCUT2D eigenvalue weighted by Gasteiger charge is 2.25. The second kappa shape index (κ2) is 5.97. The predicted molar refractivity (Wildman–Crippen MR) is 79.7 cm³/mol. The van der Waals surface area contributed by atoms with Gasteiger partial charge in [0.1, 0.15) is 0 Å². The molecule has 2 aliphatic rings. The molecule has 1 amide bonds. The molecule has 0 spiro atoms. The molecule has 19 heavy (non-hydrogen) atoms. The van der Waals surface area contributed by atoms with Crippen molar-refractivity contribution in [3.8, 4) is 0 Å². The van der Waals surface area contributed by atoms with Crippen LogP contribution >= 0.6 is 11.8 Å². The number of anilines is 1. The molecule has 0 saturated carbocycles. The maximum atomic E-state index is 12.3. The molecule has 1 atom stereocenters. The van der Waals surface area contributed by atoms with E-state index in [-0.39, 0.29) is 5.91 Å². The molecule has 1 aromatic carbocycles. The molecule has 2 heterocycles. The molecule has 1 N–H and O–H groups in total. The molecule has 0 aromatic heterocycles. The number of nitrogens with zero attached hydrogens (tertiary/aromatic N) is 1.